The number of rotatable bonds is 12. The van der Waals surface area contributed by atoms with Gasteiger partial charge in [-0.15, -0.1) is 0 Å². The summed E-state index contributed by atoms with van der Waals surface area (Å²) in [6.45, 7) is -0.0438. The van der Waals surface area contributed by atoms with E-state index in [1.807, 2.05) is 0 Å². The highest BCUT2D eigenvalue weighted by Gasteiger charge is 2.36. The van der Waals surface area contributed by atoms with Crippen molar-refractivity contribution in [1.29, 1.82) is 0 Å². The Morgan fingerprint density at radius 3 is 2.42 bits per heavy atom. The molecule has 1 aliphatic heterocycles. The Hall–Kier alpha value is -3.42. The molecule has 14 nitrogen and oxygen atoms in total. The van der Waals surface area contributed by atoms with Crippen LogP contribution in [0.15, 0.2) is 4.99 Å². The van der Waals surface area contributed by atoms with Crippen molar-refractivity contribution in [2.45, 2.75) is 50.2 Å². The summed E-state index contributed by atoms with van der Waals surface area (Å²) in [6.07, 6.45) is 0.690. The predicted molar refractivity (Wildman–Crippen MR) is 107 cm³/mol. The van der Waals surface area contributed by atoms with Crippen LogP contribution >= 0.6 is 0 Å². The number of carboxylic acids is 2. The number of guanidine groups is 1. The molecular weight excluding hydrogens is 414 g/mol. The lowest BCUT2D eigenvalue weighted by atomic mass is 10.1. The standard InChI is InChI=1S/C17H29N7O7/c18-9(7-13(26)27)15(29)24-6-2-4-11(24)14(28)22-8-12(25)23-10(16(30)31)3-1-5-21-17(19)20/h9-11H,1-8,18H2,(H,22,28)(H,23,25)(H,26,27)(H,30,31)(H4,19,20,21). The maximum Gasteiger partial charge on any atom is 0.326 e. The third kappa shape index (κ3) is 8.86. The number of carboxylic acid groups (broad SMARTS) is 2. The number of nitrogens with zero attached hydrogens (tertiary/aromatic N) is 2. The molecule has 1 rings (SSSR count). The Bertz CT molecular complexity index is 724. The van der Waals surface area contributed by atoms with Crippen molar-refractivity contribution in [3.05, 3.63) is 0 Å². The van der Waals surface area contributed by atoms with Crippen LogP contribution in [-0.2, 0) is 24.0 Å². The molecule has 0 radical (unpaired) electrons. The molecule has 1 saturated heterocycles. The first-order chi connectivity index (χ1) is 14.5. The SMILES string of the molecule is NC(N)=NCCCC(NC(=O)CNC(=O)C1CCCN1C(=O)C(N)CC(=O)O)C(=O)O. The van der Waals surface area contributed by atoms with E-state index in [2.05, 4.69) is 15.6 Å². The molecule has 1 aliphatic rings. The molecule has 0 bridgehead atoms. The Kier molecular flexibility index (Phi) is 10.2. The summed E-state index contributed by atoms with van der Waals surface area (Å²) in [6, 6.07) is -3.34. The van der Waals surface area contributed by atoms with Gasteiger partial charge in [-0.3, -0.25) is 24.2 Å². The number of nitrogens with one attached hydrogen (secondary N) is 2. The molecule has 3 atom stereocenters. The zero-order valence-corrected chi connectivity index (χ0v) is 17.0. The van der Waals surface area contributed by atoms with E-state index in [0.717, 1.165) is 0 Å². The Morgan fingerprint density at radius 1 is 1.16 bits per heavy atom. The molecule has 1 heterocycles. The van der Waals surface area contributed by atoms with Crippen LogP contribution in [0.4, 0.5) is 0 Å². The number of aliphatic carboxylic acids is 2. The molecule has 1 fully saturated rings. The topological polar surface area (TPSA) is 244 Å². The number of carbonyl (C=O) groups is 5. The molecule has 0 aromatic rings. The highest BCUT2D eigenvalue weighted by atomic mass is 16.4. The van der Waals surface area contributed by atoms with E-state index < -0.39 is 60.8 Å². The average Bonchev–Trinajstić information content (AvgIpc) is 3.16. The highest BCUT2D eigenvalue weighted by Crippen LogP contribution is 2.18. The lowest BCUT2D eigenvalue weighted by molar-refractivity contribution is -0.144. The van der Waals surface area contributed by atoms with Crippen molar-refractivity contribution in [3.8, 4) is 0 Å². The van der Waals surface area contributed by atoms with Crippen LogP contribution in [0.25, 0.3) is 0 Å². The molecule has 0 spiro atoms. The van der Waals surface area contributed by atoms with Crippen molar-refractivity contribution in [2.24, 2.45) is 22.2 Å². The van der Waals surface area contributed by atoms with Crippen molar-refractivity contribution in [2.75, 3.05) is 19.6 Å². The van der Waals surface area contributed by atoms with Crippen LogP contribution in [0, 0.1) is 0 Å². The van der Waals surface area contributed by atoms with Crippen molar-refractivity contribution < 1.29 is 34.2 Å². The van der Waals surface area contributed by atoms with E-state index in [9.17, 15) is 29.1 Å². The van der Waals surface area contributed by atoms with Crippen LogP contribution in [0.2, 0.25) is 0 Å². The van der Waals surface area contributed by atoms with Gasteiger partial charge in [0.25, 0.3) is 0 Å². The van der Waals surface area contributed by atoms with Crippen LogP contribution in [0.5, 0.6) is 0 Å². The monoisotopic (exact) mass is 443 g/mol. The van der Waals surface area contributed by atoms with Crippen molar-refractivity contribution in [1.82, 2.24) is 15.5 Å². The zero-order valence-electron chi connectivity index (χ0n) is 17.0. The van der Waals surface area contributed by atoms with Gasteiger partial charge in [0.1, 0.15) is 12.1 Å². The number of aliphatic imine (C=N–C) groups is 1. The Labute approximate surface area is 178 Å². The Balaban J connectivity index is 2.54. The first-order valence-corrected chi connectivity index (χ1v) is 9.66. The van der Waals surface area contributed by atoms with E-state index in [1.54, 1.807) is 0 Å². The lowest BCUT2D eigenvalue weighted by Gasteiger charge is -2.26. The molecular formula is C17H29N7O7. The minimum absolute atomic E-state index is 0.0815. The fourth-order valence-corrected chi connectivity index (χ4v) is 3.08. The molecule has 174 valence electrons. The second-order valence-electron chi connectivity index (χ2n) is 7.02. The first kappa shape index (κ1) is 25.6. The quantitative estimate of drug-likeness (QED) is 0.0891. The minimum atomic E-state index is -1.27. The fourth-order valence-electron chi connectivity index (χ4n) is 3.08. The largest absolute Gasteiger partial charge is 0.481 e. The van der Waals surface area contributed by atoms with Gasteiger partial charge in [0.2, 0.25) is 17.7 Å². The number of hydrogen-bond acceptors (Lipinski definition) is 7. The summed E-state index contributed by atoms with van der Waals surface area (Å²) >= 11 is 0. The molecule has 10 N–H and O–H groups in total. The molecule has 31 heavy (non-hydrogen) atoms. The molecule has 0 aromatic carbocycles. The van der Waals surface area contributed by atoms with E-state index >= 15 is 0 Å². The number of carbonyl (C=O) groups excluding carboxylic acids is 3. The van der Waals surface area contributed by atoms with Gasteiger partial charge < -0.3 is 42.9 Å². The van der Waals surface area contributed by atoms with Crippen LogP contribution in [-0.4, -0.2) is 88.5 Å². The molecule has 14 heteroatoms. The predicted octanol–water partition coefficient (Wildman–Crippen LogP) is -3.48. The van der Waals surface area contributed by atoms with Crippen molar-refractivity contribution >= 4 is 35.6 Å². The normalized spacial score (nSPS) is 17.3. The third-order valence-electron chi connectivity index (χ3n) is 4.55. The highest BCUT2D eigenvalue weighted by molar-refractivity contribution is 5.93. The Morgan fingerprint density at radius 2 is 1.84 bits per heavy atom. The number of hydrogen-bond donors (Lipinski definition) is 7. The van der Waals surface area contributed by atoms with E-state index in [0.29, 0.717) is 19.3 Å². The molecule has 0 saturated carbocycles. The zero-order chi connectivity index (χ0) is 23.6. The number of amides is 3. The maximum absolute atomic E-state index is 12.4. The second kappa shape index (κ2) is 12.3. The van der Waals surface area contributed by atoms with Gasteiger partial charge in [0, 0.05) is 13.1 Å². The summed E-state index contributed by atoms with van der Waals surface area (Å²) in [4.78, 5) is 63.7. The summed E-state index contributed by atoms with van der Waals surface area (Å²) < 4.78 is 0. The summed E-state index contributed by atoms with van der Waals surface area (Å²) in [5.41, 5.74) is 15.9. The third-order valence-corrected chi connectivity index (χ3v) is 4.55. The van der Waals surface area contributed by atoms with Gasteiger partial charge in [-0.1, -0.05) is 0 Å². The fraction of sp³-hybridized carbons (Fsp3) is 0.647. The van der Waals surface area contributed by atoms with E-state index in [1.165, 1.54) is 4.90 Å². The first-order valence-electron chi connectivity index (χ1n) is 9.66. The van der Waals surface area contributed by atoms with Crippen LogP contribution < -0.4 is 27.8 Å². The maximum atomic E-state index is 12.4. The van der Waals surface area contributed by atoms with E-state index in [4.69, 9.17) is 22.3 Å². The summed E-state index contributed by atoms with van der Waals surface area (Å²) in [5, 5.41) is 22.6. The summed E-state index contributed by atoms with van der Waals surface area (Å²) in [5.74, 6) is -4.59. The second-order valence-corrected chi connectivity index (χ2v) is 7.02. The van der Waals surface area contributed by atoms with Gasteiger partial charge >= 0.3 is 11.9 Å². The molecule has 3 amide bonds. The minimum Gasteiger partial charge on any atom is -0.481 e. The number of nitrogens with two attached hydrogens (primary N) is 3. The summed E-state index contributed by atoms with van der Waals surface area (Å²) in [7, 11) is 0. The van der Waals surface area contributed by atoms with Crippen LogP contribution in [0.1, 0.15) is 32.1 Å². The lowest BCUT2D eigenvalue weighted by Crippen LogP contribution is -2.53. The van der Waals surface area contributed by atoms with E-state index in [-0.39, 0.29) is 25.5 Å². The molecule has 0 aliphatic carbocycles. The van der Waals surface area contributed by atoms with Gasteiger partial charge in [0.05, 0.1) is 19.0 Å². The van der Waals surface area contributed by atoms with Crippen molar-refractivity contribution in [3.63, 3.8) is 0 Å². The van der Waals surface area contributed by atoms with Gasteiger partial charge in [0.15, 0.2) is 5.96 Å². The smallest absolute Gasteiger partial charge is 0.326 e. The van der Waals surface area contributed by atoms with Gasteiger partial charge in [-0.25, -0.2) is 4.79 Å². The van der Waals surface area contributed by atoms with Gasteiger partial charge in [-0.2, -0.15) is 0 Å². The number of likely N-dealkylation sites (tertiary alicyclic amines) is 1. The van der Waals surface area contributed by atoms with Gasteiger partial charge in [-0.05, 0) is 25.7 Å². The molecule has 3 unspecified atom stereocenters. The van der Waals surface area contributed by atoms with Crippen LogP contribution in [0.3, 0.4) is 0 Å². The molecule has 0 aromatic heterocycles. The average molecular weight is 443 g/mol.